The summed E-state index contributed by atoms with van der Waals surface area (Å²) in [5.41, 5.74) is 0.659. The summed E-state index contributed by atoms with van der Waals surface area (Å²) in [5, 5.41) is 14.2. The molecule has 0 spiro atoms. The van der Waals surface area contributed by atoms with Crippen LogP contribution in [-0.4, -0.2) is 42.5 Å². The highest BCUT2D eigenvalue weighted by Crippen LogP contribution is 2.23. The van der Waals surface area contributed by atoms with Crippen LogP contribution in [0.15, 0.2) is 39.9 Å². The van der Waals surface area contributed by atoms with Crippen molar-refractivity contribution in [2.24, 2.45) is 14.1 Å². The molecule has 0 amide bonds. The molecule has 0 aliphatic heterocycles. The number of nitrogens with one attached hydrogen (secondary N) is 1. The standard InChI is InChI=1S/C22H29N5O3/c1-25-20-18(21(29)26(2)22(25)30)27(19(24-20)15-9-5-3-6-10-15)14-17(28)13-23-16-11-7-4-8-12-16/h3,5-6,9-10,16-17,23,28H,4,7-8,11-14H2,1-2H3/t17-/m1/s1. The Bertz CT molecular complexity index is 1140. The van der Waals surface area contributed by atoms with Gasteiger partial charge >= 0.3 is 5.69 Å². The van der Waals surface area contributed by atoms with E-state index in [9.17, 15) is 14.7 Å². The molecule has 0 saturated heterocycles. The van der Waals surface area contributed by atoms with Crippen molar-refractivity contribution in [2.75, 3.05) is 6.54 Å². The van der Waals surface area contributed by atoms with Crippen molar-refractivity contribution < 1.29 is 5.11 Å². The number of imidazole rings is 1. The Morgan fingerprint density at radius 3 is 2.50 bits per heavy atom. The summed E-state index contributed by atoms with van der Waals surface area (Å²) in [6.45, 7) is 0.665. The second-order valence-electron chi connectivity index (χ2n) is 8.19. The first-order valence-corrected chi connectivity index (χ1v) is 10.6. The van der Waals surface area contributed by atoms with Gasteiger partial charge in [-0.3, -0.25) is 13.9 Å². The van der Waals surface area contributed by atoms with Crippen LogP contribution >= 0.6 is 0 Å². The fraction of sp³-hybridized carbons (Fsp3) is 0.500. The lowest BCUT2D eigenvalue weighted by atomic mass is 9.95. The minimum Gasteiger partial charge on any atom is -0.390 e. The van der Waals surface area contributed by atoms with Gasteiger partial charge in [-0.1, -0.05) is 49.6 Å². The monoisotopic (exact) mass is 411 g/mol. The Hall–Kier alpha value is -2.71. The molecule has 0 unspecified atom stereocenters. The zero-order valence-electron chi connectivity index (χ0n) is 17.5. The number of fused-ring (bicyclic) bond motifs is 1. The van der Waals surface area contributed by atoms with E-state index in [-0.39, 0.29) is 6.54 Å². The Morgan fingerprint density at radius 1 is 1.10 bits per heavy atom. The van der Waals surface area contributed by atoms with E-state index in [0.29, 0.717) is 29.6 Å². The third-order valence-electron chi connectivity index (χ3n) is 6.02. The first-order valence-electron chi connectivity index (χ1n) is 10.6. The highest BCUT2D eigenvalue weighted by atomic mass is 16.3. The molecule has 0 radical (unpaired) electrons. The van der Waals surface area contributed by atoms with Crippen LogP contribution in [0.4, 0.5) is 0 Å². The quantitative estimate of drug-likeness (QED) is 0.639. The van der Waals surface area contributed by atoms with Crippen LogP contribution in [-0.2, 0) is 20.6 Å². The smallest absolute Gasteiger partial charge is 0.332 e. The van der Waals surface area contributed by atoms with Crippen LogP contribution in [0, 0.1) is 0 Å². The third-order valence-corrected chi connectivity index (χ3v) is 6.02. The molecule has 0 bridgehead atoms. The molecule has 1 aromatic carbocycles. The van der Waals surface area contributed by atoms with Crippen LogP contribution in [0.3, 0.4) is 0 Å². The molecule has 1 aliphatic rings. The maximum absolute atomic E-state index is 12.9. The van der Waals surface area contributed by atoms with Gasteiger partial charge in [0.15, 0.2) is 11.2 Å². The maximum Gasteiger partial charge on any atom is 0.332 e. The number of aliphatic hydroxyl groups excluding tert-OH is 1. The van der Waals surface area contributed by atoms with Gasteiger partial charge in [0.05, 0.1) is 12.6 Å². The van der Waals surface area contributed by atoms with E-state index in [4.69, 9.17) is 0 Å². The molecule has 4 rings (SSSR count). The van der Waals surface area contributed by atoms with Gasteiger partial charge in [-0.25, -0.2) is 9.78 Å². The number of nitrogens with zero attached hydrogens (tertiary/aromatic N) is 4. The normalized spacial score (nSPS) is 16.2. The molecule has 2 aromatic heterocycles. The van der Waals surface area contributed by atoms with Crippen LogP contribution in [0.1, 0.15) is 32.1 Å². The predicted octanol–water partition coefficient (Wildman–Crippen LogP) is 1.38. The predicted molar refractivity (Wildman–Crippen MR) is 117 cm³/mol. The van der Waals surface area contributed by atoms with Crippen molar-refractivity contribution in [1.82, 2.24) is 24.0 Å². The zero-order valence-corrected chi connectivity index (χ0v) is 17.5. The number of benzene rings is 1. The second kappa shape index (κ2) is 8.57. The molecule has 1 atom stereocenters. The van der Waals surface area contributed by atoms with Crippen LogP contribution in [0.2, 0.25) is 0 Å². The SMILES string of the molecule is Cn1c(=O)c2c(nc(-c3ccccc3)n2C[C@H](O)CNC2CCCCC2)n(C)c1=O. The fourth-order valence-corrected chi connectivity index (χ4v) is 4.32. The lowest BCUT2D eigenvalue weighted by Crippen LogP contribution is -2.40. The third kappa shape index (κ3) is 3.85. The summed E-state index contributed by atoms with van der Waals surface area (Å²) in [5.74, 6) is 0.570. The van der Waals surface area contributed by atoms with E-state index in [0.717, 1.165) is 23.0 Å². The number of aryl methyl sites for hydroxylation is 1. The molecule has 1 saturated carbocycles. The van der Waals surface area contributed by atoms with E-state index >= 15 is 0 Å². The molecule has 8 heteroatoms. The molecule has 30 heavy (non-hydrogen) atoms. The summed E-state index contributed by atoms with van der Waals surface area (Å²) in [7, 11) is 3.07. The van der Waals surface area contributed by atoms with E-state index < -0.39 is 17.4 Å². The molecule has 1 fully saturated rings. The maximum atomic E-state index is 12.9. The van der Waals surface area contributed by atoms with Gasteiger partial charge in [-0.15, -0.1) is 0 Å². The number of aromatic nitrogens is 4. The van der Waals surface area contributed by atoms with Gasteiger partial charge in [0.2, 0.25) is 0 Å². The topological polar surface area (TPSA) is 94.1 Å². The van der Waals surface area contributed by atoms with Gasteiger partial charge < -0.3 is 15.0 Å². The average molecular weight is 412 g/mol. The Labute approximate surface area is 174 Å². The molecule has 160 valence electrons. The van der Waals surface area contributed by atoms with E-state index in [1.165, 1.54) is 30.9 Å². The van der Waals surface area contributed by atoms with Gasteiger partial charge in [0.25, 0.3) is 5.56 Å². The van der Waals surface area contributed by atoms with Gasteiger partial charge in [-0.2, -0.15) is 0 Å². The summed E-state index contributed by atoms with van der Waals surface area (Å²) in [4.78, 5) is 30.0. The van der Waals surface area contributed by atoms with Crippen molar-refractivity contribution >= 4 is 11.2 Å². The fourth-order valence-electron chi connectivity index (χ4n) is 4.32. The summed E-state index contributed by atoms with van der Waals surface area (Å²) < 4.78 is 4.22. The van der Waals surface area contributed by atoms with Crippen molar-refractivity contribution in [1.29, 1.82) is 0 Å². The Kier molecular flexibility index (Phi) is 5.87. The van der Waals surface area contributed by atoms with E-state index in [1.807, 2.05) is 30.3 Å². The molecule has 3 aromatic rings. The first kappa shape index (κ1) is 20.6. The average Bonchev–Trinajstić information content (AvgIpc) is 3.15. The largest absolute Gasteiger partial charge is 0.390 e. The molecule has 2 heterocycles. The number of hydrogen-bond donors (Lipinski definition) is 2. The highest BCUT2D eigenvalue weighted by Gasteiger charge is 2.22. The Balaban J connectivity index is 1.73. The van der Waals surface area contributed by atoms with Gasteiger partial charge in [0, 0.05) is 32.2 Å². The van der Waals surface area contributed by atoms with E-state index in [2.05, 4.69) is 10.3 Å². The van der Waals surface area contributed by atoms with Crippen molar-refractivity contribution in [3.05, 3.63) is 51.2 Å². The summed E-state index contributed by atoms with van der Waals surface area (Å²) in [6.07, 6.45) is 5.32. The van der Waals surface area contributed by atoms with E-state index in [1.54, 1.807) is 11.6 Å². The van der Waals surface area contributed by atoms with Crippen molar-refractivity contribution in [2.45, 2.75) is 50.8 Å². The molecule has 2 N–H and O–H groups in total. The number of rotatable bonds is 6. The van der Waals surface area contributed by atoms with Crippen LogP contribution in [0.25, 0.3) is 22.6 Å². The highest BCUT2D eigenvalue weighted by molar-refractivity contribution is 5.77. The minimum absolute atomic E-state index is 0.216. The number of hydrogen-bond acceptors (Lipinski definition) is 5. The minimum atomic E-state index is -0.686. The number of aliphatic hydroxyl groups is 1. The zero-order chi connectivity index (χ0) is 21.3. The summed E-state index contributed by atoms with van der Waals surface area (Å²) in [6, 6.07) is 9.97. The van der Waals surface area contributed by atoms with Crippen molar-refractivity contribution in [3.8, 4) is 11.4 Å². The van der Waals surface area contributed by atoms with Gasteiger partial charge in [0.1, 0.15) is 5.82 Å². The molecular formula is C22H29N5O3. The molecule has 8 nitrogen and oxygen atoms in total. The lowest BCUT2D eigenvalue weighted by molar-refractivity contribution is 0.146. The van der Waals surface area contributed by atoms with Gasteiger partial charge in [-0.05, 0) is 12.8 Å². The van der Waals surface area contributed by atoms with Crippen LogP contribution < -0.4 is 16.6 Å². The second-order valence-corrected chi connectivity index (χ2v) is 8.19. The molecular weight excluding hydrogens is 382 g/mol. The summed E-state index contributed by atoms with van der Waals surface area (Å²) >= 11 is 0. The van der Waals surface area contributed by atoms with Crippen LogP contribution in [0.5, 0.6) is 0 Å². The first-order chi connectivity index (χ1) is 14.5. The van der Waals surface area contributed by atoms with Crippen molar-refractivity contribution in [3.63, 3.8) is 0 Å². The molecule has 1 aliphatic carbocycles. The lowest BCUT2D eigenvalue weighted by Gasteiger charge is -2.24. The Morgan fingerprint density at radius 2 is 1.80 bits per heavy atom.